The highest BCUT2D eigenvalue weighted by Gasteiger charge is 2.34. The number of thiazole rings is 1. The Labute approximate surface area is 174 Å². The van der Waals surface area contributed by atoms with Gasteiger partial charge in [0.15, 0.2) is 9.92 Å². The number of aryl methyl sites for hydroxylation is 2. The Morgan fingerprint density at radius 3 is 2.66 bits per heavy atom. The molecule has 3 aliphatic rings. The van der Waals surface area contributed by atoms with Gasteiger partial charge in [-0.05, 0) is 68.2 Å². The predicted molar refractivity (Wildman–Crippen MR) is 113 cm³/mol. The van der Waals surface area contributed by atoms with E-state index in [9.17, 15) is 14.1 Å². The van der Waals surface area contributed by atoms with E-state index in [1.54, 1.807) is 24.1 Å². The number of aromatic nitrogens is 1. The van der Waals surface area contributed by atoms with Crippen LogP contribution in [0.25, 0.3) is 0 Å². The van der Waals surface area contributed by atoms with Crippen molar-refractivity contribution in [1.82, 2.24) is 9.71 Å². The van der Waals surface area contributed by atoms with Crippen molar-refractivity contribution in [3.63, 3.8) is 0 Å². The Bertz CT molecular complexity index is 1140. The lowest BCUT2D eigenvalue weighted by Crippen LogP contribution is -2.35. The van der Waals surface area contributed by atoms with Gasteiger partial charge in [0.05, 0.1) is 11.4 Å². The Morgan fingerprint density at radius 2 is 1.97 bits per heavy atom. The normalized spacial score (nSPS) is 23.8. The summed E-state index contributed by atoms with van der Waals surface area (Å²) in [5.41, 5.74) is 5.49. The van der Waals surface area contributed by atoms with E-state index in [4.69, 9.17) is 0 Å². The third-order valence-corrected chi connectivity index (χ3v) is 9.07. The molecule has 2 heterocycles. The summed E-state index contributed by atoms with van der Waals surface area (Å²) in [6.07, 6.45) is 5.18. The highest BCUT2D eigenvalue weighted by atomic mass is 32.2. The van der Waals surface area contributed by atoms with Gasteiger partial charge in [-0.2, -0.15) is 0 Å². The van der Waals surface area contributed by atoms with Crippen molar-refractivity contribution in [1.29, 1.82) is 0 Å². The monoisotopic (exact) mass is 432 g/mol. The van der Waals surface area contributed by atoms with Crippen molar-refractivity contribution in [2.24, 2.45) is 4.36 Å². The van der Waals surface area contributed by atoms with Gasteiger partial charge >= 0.3 is 6.03 Å². The Morgan fingerprint density at radius 1 is 1.21 bits per heavy atom. The molecule has 2 N–H and O–H groups in total. The molecule has 5 rings (SSSR count). The van der Waals surface area contributed by atoms with Crippen LogP contribution in [0.4, 0.5) is 10.5 Å². The molecule has 2 amide bonds. The van der Waals surface area contributed by atoms with Gasteiger partial charge in [0.2, 0.25) is 4.34 Å². The molecule has 0 fully saturated rings. The van der Waals surface area contributed by atoms with Crippen LogP contribution < -0.4 is 9.62 Å². The Hall–Kier alpha value is -1.81. The lowest BCUT2D eigenvalue weighted by atomic mass is 9.83. The number of amides is 2. The molecule has 154 valence electrons. The van der Waals surface area contributed by atoms with Crippen LogP contribution >= 0.6 is 11.3 Å². The third-order valence-electron chi connectivity index (χ3n) is 5.90. The average Bonchev–Trinajstić information content (AvgIpc) is 3.26. The molecule has 0 spiro atoms. The van der Waals surface area contributed by atoms with Gasteiger partial charge in [0.25, 0.3) is 0 Å². The van der Waals surface area contributed by atoms with Crippen LogP contribution in [0.5, 0.6) is 0 Å². The molecule has 1 aliphatic heterocycles. The summed E-state index contributed by atoms with van der Waals surface area (Å²) in [4.78, 5) is 19.2. The van der Waals surface area contributed by atoms with E-state index in [0.29, 0.717) is 18.8 Å². The summed E-state index contributed by atoms with van der Waals surface area (Å²) in [6, 6.07) is 1.83. The summed E-state index contributed by atoms with van der Waals surface area (Å²) < 4.78 is 20.8. The van der Waals surface area contributed by atoms with E-state index >= 15 is 0 Å². The topological polar surface area (TPSA) is 94.9 Å². The number of nitrogens with one attached hydrogen (secondary N) is 1. The number of urea groups is 1. The summed E-state index contributed by atoms with van der Waals surface area (Å²) in [6.45, 7) is 4.03. The van der Waals surface area contributed by atoms with E-state index in [-0.39, 0.29) is 4.34 Å². The van der Waals surface area contributed by atoms with Crippen LogP contribution in [-0.2, 0) is 41.2 Å². The minimum atomic E-state index is -3.17. The zero-order chi connectivity index (χ0) is 20.4. The quantitative estimate of drug-likeness (QED) is 0.780. The van der Waals surface area contributed by atoms with Crippen molar-refractivity contribution < 1.29 is 14.1 Å². The standard InChI is InChI=1S/C20H24N4O3S2/c1-20(2,26)16-11-28-19(22-16)29(27)21-8-9-24(18(25)23-29)17-14-5-3-4-12(14)10-13-6-7-15(13)17/h10-11,26H,3-9H2,1-2H3,(H,21,23,25,27). The zero-order valence-electron chi connectivity index (χ0n) is 16.5. The van der Waals surface area contributed by atoms with Crippen molar-refractivity contribution in [2.45, 2.75) is 55.9 Å². The molecule has 0 radical (unpaired) electrons. The van der Waals surface area contributed by atoms with E-state index in [2.05, 4.69) is 20.1 Å². The van der Waals surface area contributed by atoms with Gasteiger partial charge in [-0.15, -0.1) is 15.7 Å². The van der Waals surface area contributed by atoms with Crippen LogP contribution in [0.1, 0.15) is 48.2 Å². The SMILES string of the molecule is CC(C)(O)c1csc(S2(=O)=NC(=O)N(c3c4c(cc5c3CC5)CCC4)CCN2)n1. The second-order valence-corrected chi connectivity index (χ2v) is 11.4. The molecule has 1 unspecified atom stereocenters. The van der Waals surface area contributed by atoms with Gasteiger partial charge in [0.1, 0.15) is 5.60 Å². The molecule has 7 nitrogen and oxygen atoms in total. The Balaban J connectivity index is 1.56. The molecular weight excluding hydrogens is 408 g/mol. The van der Waals surface area contributed by atoms with Crippen LogP contribution in [0.15, 0.2) is 20.1 Å². The summed E-state index contributed by atoms with van der Waals surface area (Å²) in [5.74, 6) is 0. The maximum absolute atomic E-state index is 13.5. The second-order valence-electron chi connectivity index (χ2n) is 8.36. The number of anilines is 1. The molecular formula is C20H24N4O3S2. The number of aliphatic hydroxyl groups is 1. The van der Waals surface area contributed by atoms with E-state index < -0.39 is 21.5 Å². The number of carbonyl (C=O) groups is 1. The number of hydrogen-bond acceptors (Lipinski definition) is 5. The smallest absolute Gasteiger partial charge is 0.357 e. The highest BCUT2D eigenvalue weighted by molar-refractivity contribution is 7.93. The number of nitrogens with zero attached hydrogens (tertiary/aromatic N) is 3. The van der Waals surface area contributed by atoms with Crippen molar-refractivity contribution in [3.8, 4) is 0 Å². The summed E-state index contributed by atoms with van der Waals surface area (Å²) in [7, 11) is -3.17. The predicted octanol–water partition coefficient (Wildman–Crippen LogP) is 2.93. The maximum Gasteiger partial charge on any atom is 0.357 e. The molecule has 1 aromatic carbocycles. The fourth-order valence-corrected chi connectivity index (χ4v) is 7.13. The summed E-state index contributed by atoms with van der Waals surface area (Å²) >= 11 is 1.15. The van der Waals surface area contributed by atoms with Crippen molar-refractivity contribution >= 4 is 33.0 Å². The fraction of sp³-hybridized carbons (Fsp3) is 0.500. The first-order valence-corrected chi connectivity index (χ1v) is 12.3. The number of hydrogen-bond donors (Lipinski definition) is 2. The molecule has 29 heavy (non-hydrogen) atoms. The fourth-order valence-electron chi connectivity index (χ4n) is 4.30. The van der Waals surface area contributed by atoms with Crippen LogP contribution in [0.3, 0.4) is 0 Å². The Kier molecular flexibility index (Phi) is 4.36. The van der Waals surface area contributed by atoms with Crippen LogP contribution in [-0.4, -0.2) is 33.4 Å². The number of rotatable bonds is 3. The van der Waals surface area contributed by atoms with Gasteiger partial charge in [-0.25, -0.2) is 18.7 Å². The average molecular weight is 433 g/mol. The molecule has 2 aliphatic carbocycles. The molecule has 0 bridgehead atoms. The van der Waals surface area contributed by atoms with Crippen LogP contribution in [0.2, 0.25) is 0 Å². The van der Waals surface area contributed by atoms with Crippen molar-refractivity contribution in [2.75, 3.05) is 18.0 Å². The lowest BCUT2D eigenvalue weighted by molar-refractivity contribution is 0.0741. The van der Waals surface area contributed by atoms with Crippen molar-refractivity contribution in [3.05, 3.63) is 39.4 Å². The first-order valence-electron chi connectivity index (χ1n) is 9.94. The van der Waals surface area contributed by atoms with E-state index in [0.717, 1.165) is 49.1 Å². The number of fused-ring (bicyclic) bond motifs is 2. The minimum Gasteiger partial charge on any atom is -0.384 e. The molecule has 1 atom stereocenters. The number of benzene rings is 1. The third kappa shape index (κ3) is 3.11. The van der Waals surface area contributed by atoms with Gasteiger partial charge in [-0.1, -0.05) is 6.07 Å². The first kappa shape index (κ1) is 19.2. The minimum absolute atomic E-state index is 0.233. The second kappa shape index (κ2) is 6.60. The van der Waals surface area contributed by atoms with Gasteiger partial charge in [0, 0.05) is 18.5 Å². The van der Waals surface area contributed by atoms with Gasteiger partial charge < -0.3 is 5.11 Å². The molecule has 9 heteroatoms. The lowest BCUT2D eigenvalue weighted by Gasteiger charge is -2.31. The highest BCUT2D eigenvalue weighted by Crippen LogP contribution is 2.42. The molecule has 0 saturated heterocycles. The van der Waals surface area contributed by atoms with Gasteiger partial charge in [-0.3, -0.25) is 4.90 Å². The first-order chi connectivity index (χ1) is 13.8. The molecule has 2 aromatic rings. The maximum atomic E-state index is 13.5. The summed E-state index contributed by atoms with van der Waals surface area (Å²) in [5, 5.41) is 11.8. The number of carbonyl (C=O) groups excluding carboxylic acids is 1. The zero-order valence-corrected chi connectivity index (χ0v) is 18.2. The molecule has 1 aromatic heterocycles. The van der Waals surface area contributed by atoms with Crippen LogP contribution in [0, 0.1) is 0 Å². The van der Waals surface area contributed by atoms with E-state index in [1.807, 2.05) is 0 Å². The van der Waals surface area contributed by atoms with E-state index in [1.165, 1.54) is 22.3 Å². The molecule has 0 saturated carbocycles. The largest absolute Gasteiger partial charge is 0.384 e.